The number of aromatic nitrogens is 4. The number of amides is 1. The molecule has 0 spiro atoms. The molecule has 1 aliphatic rings. The van der Waals surface area contributed by atoms with Crippen LogP contribution in [0.4, 0.5) is 5.95 Å². The van der Waals surface area contributed by atoms with Gasteiger partial charge in [-0.3, -0.25) is 9.69 Å². The molecular weight excluding hydrogens is 258 g/mol. The summed E-state index contributed by atoms with van der Waals surface area (Å²) in [6.07, 6.45) is 2.34. The highest BCUT2D eigenvalue weighted by Gasteiger charge is 2.31. The smallest absolute Gasteiger partial charge is 0.266 e. The van der Waals surface area contributed by atoms with E-state index in [2.05, 4.69) is 15.2 Å². The Morgan fingerprint density at radius 2 is 2.20 bits per heavy atom. The van der Waals surface area contributed by atoms with Crippen LogP contribution in [0.5, 0.6) is 0 Å². The van der Waals surface area contributed by atoms with Gasteiger partial charge in [-0.1, -0.05) is 19.0 Å². The summed E-state index contributed by atoms with van der Waals surface area (Å²) in [4.78, 5) is 18.6. The zero-order valence-corrected chi connectivity index (χ0v) is 11.8. The summed E-state index contributed by atoms with van der Waals surface area (Å²) in [5, 5.41) is 8.06. The molecule has 20 heavy (non-hydrogen) atoms. The van der Waals surface area contributed by atoms with Crippen molar-refractivity contribution in [2.45, 2.75) is 39.7 Å². The van der Waals surface area contributed by atoms with E-state index in [1.54, 1.807) is 16.5 Å². The van der Waals surface area contributed by atoms with Crippen molar-refractivity contribution in [2.75, 3.05) is 11.4 Å². The third-order valence-electron chi connectivity index (χ3n) is 3.46. The Hall–Kier alpha value is -2.18. The molecule has 0 aliphatic carbocycles. The van der Waals surface area contributed by atoms with Gasteiger partial charge in [0.1, 0.15) is 11.9 Å². The summed E-state index contributed by atoms with van der Waals surface area (Å²) < 4.78 is 7.05. The van der Waals surface area contributed by atoms with Crippen molar-refractivity contribution in [2.24, 2.45) is 0 Å². The lowest BCUT2D eigenvalue weighted by atomic mass is 10.0. The standard InChI is InChI=1S/C13H17N5O2/c1-8(2)11-10(9(3)16-20-11)12(19)17-5-4-6-18-13(17)14-7-15-18/h7-8H,4-6H2,1-3H3. The second kappa shape index (κ2) is 4.73. The largest absolute Gasteiger partial charge is 0.360 e. The molecule has 0 bridgehead atoms. The van der Waals surface area contributed by atoms with E-state index in [0.29, 0.717) is 29.5 Å². The first-order chi connectivity index (χ1) is 9.59. The van der Waals surface area contributed by atoms with Gasteiger partial charge in [-0.15, -0.1) is 0 Å². The molecule has 0 aromatic carbocycles. The molecule has 0 atom stereocenters. The molecule has 2 aromatic heterocycles. The maximum Gasteiger partial charge on any atom is 0.266 e. The Morgan fingerprint density at radius 3 is 2.95 bits per heavy atom. The fraction of sp³-hybridized carbons (Fsp3) is 0.538. The van der Waals surface area contributed by atoms with Crippen LogP contribution in [0, 0.1) is 6.92 Å². The highest BCUT2D eigenvalue weighted by molar-refractivity contribution is 6.06. The first kappa shape index (κ1) is 12.8. The number of hydrogen-bond donors (Lipinski definition) is 0. The molecular formula is C13H17N5O2. The van der Waals surface area contributed by atoms with E-state index >= 15 is 0 Å². The third-order valence-corrected chi connectivity index (χ3v) is 3.46. The predicted molar refractivity (Wildman–Crippen MR) is 71.6 cm³/mol. The summed E-state index contributed by atoms with van der Waals surface area (Å²) in [6.45, 7) is 7.18. The van der Waals surface area contributed by atoms with Gasteiger partial charge in [0.25, 0.3) is 5.91 Å². The molecule has 7 nitrogen and oxygen atoms in total. The Balaban J connectivity index is 2.01. The average Bonchev–Trinajstić information content (AvgIpc) is 3.03. The van der Waals surface area contributed by atoms with Gasteiger partial charge in [0.05, 0.1) is 5.69 Å². The lowest BCUT2D eigenvalue weighted by molar-refractivity contribution is 0.0977. The van der Waals surface area contributed by atoms with Crippen LogP contribution >= 0.6 is 0 Å². The summed E-state index contributed by atoms with van der Waals surface area (Å²) in [5.74, 6) is 1.22. The molecule has 0 saturated carbocycles. The molecule has 1 aliphatic heterocycles. The zero-order chi connectivity index (χ0) is 14.3. The molecule has 1 amide bonds. The fourth-order valence-electron chi connectivity index (χ4n) is 2.47. The minimum Gasteiger partial charge on any atom is -0.360 e. The van der Waals surface area contributed by atoms with Crippen LogP contribution in [0.3, 0.4) is 0 Å². The lowest BCUT2D eigenvalue weighted by Gasteiger charge is -2.26. The topological polar surface area (TPSA) is 77.0 Å². The van der Waals surface area contributed by atoms with Crippen molar-refractivity contribution in [1.82, 2.24) is 19.9 Å². The third kappa shape index (κ3) is 1.90. The van der Waals surface area contributed by atoms with Crippen LogP contribution in [0.1, 0.15) is 48.0 Å². The Kier molecular flexibility index (Phi) is 3.04. The van der Waals surface area contributed by atoms with Gasteiger partial charge in [0, 0.05) is 19.0 Å². The summed E-state index contributed by atoms with van der Waals surface area (Å²) in [5.41, 5.74) is 1.17. The van der Waals surface area contributed by atoms with Crippen molar-refractivity contribution in [1.29, 1.82) is 0 Å². The van der Waals surface area contributed by atoms with Gasteiger partial charge in [-0.05, 0) is 13.3 Å². The quantitative estimate of drug-likeness (QED) is 0.834. The average molecular weight is 275 g/mol. The van der Waals surface area contributed by atoms with Gasteiger partial charge >= 0.3 is 0 Å². The second-order valence-corrected chi connectivity index (χ2v) is 5.26. The minimum absolute atomic E-state index is 0.109. The first-order valence-corrected chi connectivity index (χ1v) is 6.75. The maximum atomic E-state index is 12.8. The van der Waals surface area contributed by atoms with Crippen LogP contribution in [-0.4, -0.2) is 32.4 Å². The molecule has 0 radical (unpaired) electrons. The normalized spacial score (nSPS) is 14.7. The number of anilines is 1. The number of nitrogens with zero attached hydrogens (tertiary/aromatic N) is 5. The minimum atomic E-state index is -0.110. The SMILES string of the molecule is Cc1noc(C(C)C)c1C(=O)N1CCCn2ncnc21. The van der Waals surface area contributed by atoms with Gasteiger partial charge in [0.15, 0.2) is 5.76 Å². The first-order valence-electron chi connectivity index (χ1n) is 6.75. The van der Waals surface area contributed by atoms with E-state index in [-0.39, 0.29) is 11.8 Å². The highest BCUT2D eigenvalue weighted by Crippen LogP contribution is 2.26. The van der Waals surface area contributed by atoms with Crippen molar-refractivity contribution in [3.8, 4) is 0 Å². The molecule has 0 saturated heterocycles. The Bertz CT molecular complexity index is 643. The van der Waals surface area contributed by atoms with E-state index in [4.69, 9.17) is 4.52 Å². The van der Waals surface area contributed by atoms with Gasteiger partial charge in [-0.2, -0.15) is 10.1 Å². The van der Waals surface area contributed by atoms with Crippen molar-refractivity contribution < 1.29 is 9.32 Å². The van der Waals surface area contributed by atoms with Crippen LogP contribution in [0.25, 0.3) is 0 Å². The van der Waals surface area contributed by atoms with E-state index in [1.807, 2.05) is 13.8 Å². The van der Waals surface area contributed by atoms with E-state index < -0.39 is 0 Å². The summed E-state index contributed by atoms with van der Waals surface area (Å²) >= 11 is 0. The highest BCUT2D eigenvalue weighted by atomic mass is 16.5. The zero-order valence-electron chi connectivity index (χ0n) is 11.8. The van der Waals surface area contributed by atoms with Crippen LogP contribution in [-0.2, 0) is 6.54 Å². The number of rotatable bonds is 2. The molecule has 0 N–H and O–H groups in total. The maximum absolute atomic E-state index is 12.8. The number of aryl methyl sites for hydroxylation is 2. The van der Waals surface area contributed by atoms with Gasteiger partial charge in [-0.25, -0.2) is 4.68 Å². The Labute approximate surface area is 116 Å². The lowest BCUT2D eigenvalue weighted by Crippen LogP contribution is -2.38. The van der Waals surface area contributed by atoms with Gasteiger partial charge < -0.3 is 4.52 Å². The van der Waals surface area contributed by atoms with E-state index in [1.165, 1.54) is 6.33 Å². The molecule has 0 fully saturated rings. The van der Waals surface area contributed by atoms with Crippen LogP contribution in [0.2, 0.25) is 0 Å². The molecule has 3 heterocycles. The van der Waals surface area contributed by atoms with Crippen molar-refractivity contribution >= 4 is 11.9 Å². The van der Waals surface area contributed by atoms with Crippen LogP contribution in [0.15, 0.2) is 10.9 Å². The van der Waals surface area contributed by atoms with Crippen molar-refractivity contribution in [3.63, 3.8) is 0 Å². The predicted octanol–water partition coefficient (Wildman–Crippen LogP) is 1.75. The number of hydrogen-bond acceptors (Lipinski definition) is 5. The van der Waals surface area contributed by atoms with E-state index in [9.17, 15) is 4.79 Å². The Morgan fingerprint density at radius 1 is 1.40 bits per heavy atom. The monoisotopic (exact) mass is 275 g/mol. The molecule has 106 valence electrons. The van der Waals surface area contributed by atoms with Crippen molar-refractivity contribution in [3.05, 3.63) is 23.3 Å². The number of carbonyl (C=O) groups is 1. The second-order valence-electron chi connectivity index (χ2n) is 5.26. The number of carbonyl (C=O) groups excluding carboxylic acids is 1. The number of fused-ring (bicyclic) bond motifs is 1. The van der Waals surface area contributed by atoms with Gasteiger partial charge in [0.2, 0.25) is 5.95 Å². The molecule has 0 unspecified atom stereocenters. The molecule has 3 rings (SSSR count). The summed E-state index contributed by atoms with van der Waals surface area (Å²) in [6, 6.07) is 0. The van der Waals surface area contributed by atoms with Crippen LogP contribution < -0.4 is 4.90 Å². The van der Waals surface area contributed by atoms with E-state index in [0.717, 1.165) is 13.0 Å². The summed E-state index contributed by atoms with van der Waals surface area (Å²) in [7, 11) is 0. The molecule has 7 heteroatoms. The fourth-order valence-corrected chi connectivity index (χ4v) is 2.47. The molecule has 2 aromatic rings.